The first kappa shape index (κ1) is 26.8. The van der Waals surface area contributed by atoms with Gasteiger partial charge in [-0.3, -0.25) is 0 Å². The van der Waals surface area contributed by atoms with Crippen LogP contribution >= 0.6 is 0 Å². The van der Waals surface area contributed by atoms with Crippen molar-refractivity contribution in [2.24, 2.45) is 0 Å². The molecule has 0 N–H and O–H groups in total. The summed E-state index contributed by atoms with van der Waals surface area (Å²) in [6, 6.07) is 22.9. The molecule has 0 aromatic heterocycles. The highest BCUT2D eigenvalue weighted by atomic mass is 16.5. The second-order valence-electron chi connectivity index (χ2n) is 8.01. The second-order valence-corrected chi connectivity index (χ2v) is 8.01. The standard InChI is InChI=1S/C31H27NO5/c1-2-30(33)36-22-6-4-3-5-21-35-28-19-15-27(16-20-28)31(34)37-29-17-13-25(14-18-29)8-7-24-9-11-26(23-32)12-10-24/h2,9-20H,1,3-6,21-22H2. The lowest BCUT2D eigenvalue weighted by molar-refractivity contribution is -0.137. The average molecular weight is 494 g/mol. The molecule has 0 saturated carbocycles. The highest BCUT2D eigenvalue weighted by molar-refractivity contribution is 5.91. The zero-order valence-corrected chi connectivity index (χ0v) is 20.4. The van der Waals surface area contributed by atoms with Gasteiger partial charge in [-0.05, 0) is 98.5 Å². The molecule has 0 aliphatic carbocycles. The molecule has 0 aliphatic heterocycles. The number of nitrogens with zero attached hydrogens (tertiary/aromatic N) is 1. The van der Waals surface area contributed by atoms with Crippen LogP contribution in [-0.4, -0.2) is 25.2 Å². The van der Waals surface area contributed by atoms with E-state index in [1.807, 2.05) is 0 Å². The van der Waals surface area contributed by atoms with Crippen molar-refractivity contribution in [2.75, 3.05) is 13.2 Å². The summed E-state index contributed by atoms with van der Waals surface area (Å²) in [4.78, 5) is 23.4. The van der Waals surface area contributed by atoms with Crippen LogP contribution < -0.4 is 9.47 Å². The molecule has 0 fully saturated rings. The van der Waals surface area contributed by atoms with Gasteiger partial charge in [0, 0.05) is 17.2 Å². The number of carbonyl (C=O) groups excluding carboxylic acids is 2. The summed E-state index contributed by atoms with van der Waals surface area (Å²) in [5.74, 6) is 6.34. The van der Waals surface area contributed by atoms with Crippen LogP contribution in [-0.2, 0) is 9.53 Å². The minimum atomic E-state index is -0.458. The lowest BCUT2D eigenvalue weighted by Gasteiger charge is -2.08. The number of carbonyl (C=O) groups is 2. The molecule has 0 amide bonds. The van der Waals surface area contributed by atoms with Crippen LogP contribution in [0.4, 0.5) is 0 Å². The van der Waals surface area contributed by atoms with E-state index in [9.17, 15) is 9.59 Å². The van der Waals surface area contributed by atoms with Gasteiger partial charge >= 0.3 is 11.9 Å². The van der Waals surface area contributed by atoms with Crippen LogP contribution in [0.25, 0.3) is 0 Å². The molecular formula is C31H27NO5. The van der Waals surface area contributed by atoms with Gasteiger partial charge in [0.15, 0.2) is 0 Å². The Hall–Kier alpha value is -4.81. The van der Waals surface area contributed by atoms with Gasteiger partial charge in [-0.1, -0.05) is 18.4 Å². The van der Waals surface area contributed by atoms with Gasteiger partial charge in [0.05, 0.1) is 30.4 Å². The number of rotatable bonds is 11. The summed E-state index contributed by atoms with van der Waals surface area (Å²) >= 11 is 0. The molecule has 0 unspecified atom stereocenters. The number of benzene rings is 3. The predicted molar refractivity (Wildman–Crippen MR) is 140 cm³/mol. The molecule has 0 heterocycles. The first-order valence-corrected chi connectivity index (χ1v) is 11.9. The number of hydrogen-bond donors (Lipinski definition) is 0. The molecule has 0 atom stereocenters. The third kappa shape index (κ3) is 9.39. The monoisotopic (exact) mass is 493 g/mol. The molecule has 186 valence electrons. The third-order valence-corrected chi connectivity index (χ3v) is 5.24. The fourth-order valence-electron chi connectivity index (χ4n) is 3.21. The second kappa shape index (κ2) is 14.6. The highest BCUT2D eigenvalue weighted by Gasteiger charge is 2.09. The maximum atomic E-state index is 12.5. The Balaban J connectivity index is 1.39. The van der Waals surface area contributed by atoms with E-state index < -0.39 is 11.9 Å². The highest BCUT2D eigenvalue weighted by Crippen LogP contribution is 2.17. The number of esters is 2. The van der Waals surface area contributed by atoms with Gasteiger partial charge in [-0.15, -0.1) is 0 Å². The molecule has 0 spiro atoms. The maximum absolute atomic E-state index is 12.5. The molecule has 3 rings (SSSR count). The van der Waals surface area contributed by atoms with Crippen LogP contribution in [0.2, 0.25) is 0 Å². The molecule has 3 aromatic carbocycles. The lowest BCUT2D eigenvalue weighted by Crippen LogP contribution is -2.08. The average Bonchev–Trinajstić information content (AvgIpc) is 2.94. The maximum Gasteiger partial charge on any atom is 0.343 e. The Morgan fingerprint density at radius 1 is 0.730 bits per heavy atom. The van der Waals surface area contributed by atoms with Crippen LogP contribution in [0.1, 0.15) is 52.7 Å². The van der Waals surface area contributed by atoms with E-state index in [1.54, 1.807) is 72.8 Å². The fraction of sp³-hybridized carbons (Fsp3) is 0.194. The fourth-order valence-corrected chi connectivity index (χ4v) is 3.21. The van der Waals surface area contributed by atoms with E-state index in [2.05, 4.69) is 24.5 Å². The molecule has 6 nitrogen and oxygen atoms in total. The third-order valence-electron chi connectivity index (χ3n) is 5.24. The minimum Gasteiger partial charge on any atom is -0.494 e. The van der Waals surface area contributed by atoms with E-state index in [0.717, 1.165) is 42.9 Å². The Kier molecular flexibility index (Phi) is 10.5. The van der Waals surface area contributed by atoms with Crippen molar-refractivity contribution in [1.29, 1.82) is 5.26 Å². The smallest absolute Gasteiger partial charge is 0.343 e. The number of unbranched alkanes of at least 4 members (excludes halogenated alkanes) is 3. The quantitative estimate of drug-likeness (QED) is 0.110. The Morgan fingerprint density at radius 2 is 1.27 bits per heavy atom. The summed E-state index contributed by atoms with van der Waals surface area (Å²) in [5, 5.41) is 8.85. The first-order chi connectivity index (χ1) is 18.1. The van der Waals surface area contributed by atoms with E-state index in [0.29, 0.717) is 35.8 Å². The van der Waals surface area contributed by atoms with Crippen molar-refractivity contribution in [2.45, 2.75) is 25.7 Å². The van der Waals surface area contributed by atoms with Crippen LogP contribution in [0.5, 0.6) is 11.5 Å². The summed E-state index contributed by atoms with van der Waals surface area (Å²) in [5.41, 5.74) is 2.60. The van der Waals surface area contributed by atoms with Crippen molar-refractivity contribution in [3.8, 4) is 29.4 Å². The van der Waals surface area contributed by atoms with Crippen LogP contribution in [0.3, 0.4) is 0 Å². The summed E-state index contributed by atoms with van der Waals surface area (Å²) in [7, 11) is 0. The van der Waals surface area contributed by atoms with Gasteiger partial charge < -0.3 is 14.2 Å². The van der Waals surface area contributed by atoms with Crippen molar-refractivity contribution >= 4 is 11.9 Å². The predicted octanol–water partition coefficient (Wildman–Crippen LogP) is 5.85. The van der Waals surface area contributed by atoms with E-state index in [1.165, 1.54) is 0 Å². The van der Waals surface area contributed by atoms with E-state index in [-0.39, 0.29) is 0 Å². The zero-order valence-electron chi connectivity index (χ0n) is 20.4. The molecular weight excluding hydrogens is 466 g/mol. The molecule has 37 heavy (non-hydrogen) atoms. The number of nitriles is 1. The van der Waals surface area contributed by atoms with Gasteiger partial charge in [0.1, 0.15) is 11.5 Å². The molecule has 0 bridgehead atoms. The molecule has 3 aromatic rings. The molecule has 0 aliphatic rings. The SMILES string of the molecule is C=CC(=O)OCCCCCCOc1ccc(C(=O)Oc2ccc(C#Cc3ccc(C#N)cc3)cc2)cc1. The summed E-state index contributed by atoms with van der Waals surface area (Å²) in [6.45, 7) is 4.33. The van der Waals surface area contributed by atoms with Crippen LogP contribution in [0, 0.1) is 23.2 Å². The van der Waals surface area contributed by atoms with Gasteiger partial charge in [-0.25, -0.2) is 9.59 Å². The van der Waals surface area contributed by atoms with Crippen LogP contribution in [0.15, 0.2) is 85.5 Å². The van der Waals surface area contributed by atoms with E-state index in [4.69, 9.17) is 19.5 Å². The zero-order chi connectivity index (χ0) is 26.3. The molecule has 6 heteroatoms. The van der Waals surface area contributed by atoms with Gasteiger partial charge in [-0.2, -0.15) is 5.26 Å². The Bertz CT molecular complexity index is 1290. The van der Waals surface area contributed by atoms with Crippen molar-refractivity contribution < 1.29 is 23.8 Å². The van der Waals surface area contributed by atoms with Crippen molar-refractivity contribution in [1.82, 2.24) is 0 Å². The largest absolute Gasteiger partial charge is 0.494 e. The minimum absolute atomic E-state index is 0.393. The number of ether oxygens (including phenoxy) is 3. The Morgan fingerprint density at radius 3 is 1.86 bits per heavy atom. The Labute approximate surface area is 217 Å². The van der Waals surface area contributed by atoms with Gasteiger partial charge in [0.25, 0.3) is 0 Å². The molecule has 0 radical (unpaired) electrons. The van der Waals surface area contributed by atoms with Crippen molar-refractivity contribution in [3.05, 3.63) is 108 Å². The summed E-state index contributed by atoms with van der Waals surface area (Å²) < 4.78 is 16.1. The normalized spacial score (nSPS) is 9.81. The molecule has 0 saturated heterocycles. The van der Waals surface area contributed by atoms with E-state index >= 15 is 0 Å². The lowest BCUT2D eigenvalue weighted by atomic mass is 10.1. The topological polar surface area (TPSA) is 85.6 Å². The van der Waals surface area contributed by atoms with Crippen molar-refractivity contribution in [3.63, 3.8) is 0 Å². The first-order valence-electron chi connectivity index (χ1n) is 11.9. The van der Waals surface area contributed by atoms with Gasteiger partial charge in [0.2, 0.25) is 0 Å². The number of hydrogen-bond acceptors (Lipinski definition) is 6. The summed E-state index contributed by atoms with van der Waals surface area (Å²) in [6.07, 6.45) is 4.77.